The van der Waals surface area contributed by atoms with Crippen LogP contribution in [0, 0.1) is 0 Å². The Bertz CT molecular complexity index is 858. The lowest BCUT2D eigenvalue weighted by atomic mass is 9.91. The highest BCUT2D eigenvalue weighted by Crippen LogP contribution is 2.32. The molecule has 1 N–H and O–H groups in total. The molecule has 0 saturated carbocycles. The number of likely N-dealkylation sites (N-methyl/N-ethyl adjacent to an activating group) is 1. The van der Waals surface area contributed by atoms with Gasteiger partial charge in [0.25, 0.3) is 0 Å². The van der Waals surface area contributed by atoms with Gasteiger partial charge in [-0.25, -0.2) is 14.3 Å². The van der Waals surface area contributed by atoms with Gasteiger partial charge in [-0.1, -0.05) is 18.2 Å². The van der Waals surface area contributed by atoms with E-state index in [2.05, 4.69) is 10.4 Å². The third kappa shape index (κ3) is 3.54. The number of para-hydroxylation sites is 1. The van der Waals surface area contributed by atoms with Gasteiger partial charge in [-0.2, -0.15) is 5.10 Å². The first kappa shape index (κ1) is 18.3. The maximum atomic E-state index is 12.7. The zero-order chi connectivity index (χ0) is 19.7. The van der Waals surface area contributed by atoms with Crippen LogP contribution in [0.4, 0.5) is 9.59 Å². The number of urea groups is 1. The molecule has 3 amide bonds. The molecular weight excluding hydrogens is 358 g/mol. The van der Waals surface area contributed by atoms with Crippen LogP contribution in [0.3, 0.4) is 0 Å². The number of aromatic nitrogens is 2. The number of hydrogen-bond acceptors (Lipinski definition) is 4. The van der Waals surface area contributed by atoms with Gasteiger partial charge in [-0.3, -0.25) is 0 Å². The van der Waals surface area contributed by atoms with Crippen molar-refractivity contribution in [1.29, 1.82) is 0 Å². The zero-order valence-corrected chi connectivity index (χ0v) is 16.2. The van der Waals surface area contributed by atoms with E-state index in [1.54, 1.807) is 27.7 Å². The number of nitrogens with zero attached hydrogens (tertiary/aromatic N) is 4. The largest absolute Gasteiger partial charge is 0.441 e. The van der Waals surface area contributed by atoms with E-state index in [-0.39, 0.29) is 18.2 Å². The van der Waals surface area contributed by atoms with E-state index in [0.717, 1.165) is 11.3 Å². The molecule has 2 fully saturated rings. The molecule has 148 valence electrons. The van der Waals surface area contributed by atoms with E-state index in [0.29, 0.717) is 32.5 Å². The standard InChI is InChI=1S/C20H25N5O3/c1-15(16-12-21-25(13-16)17-6-4-3-5-7-17)22-18(26)24-10-8-20(9-11-24)14-23(2)19(27)28-20/h3-7,12-13,15H,8-11,14H2,1-2H3,(H,22,26). The highest BCUT2D eigenvalue weighted by molar-refractivity contribution is 5.75. The van der Waals surface area contributed by atoms with Crippen LogP contribution in [-0.4, -0.2) is 64.0 Å². The normalized spacial score (nSPS) is 19.6. The summed E-state index contributed by atoms with van der Waals surface area (Å²) in [5.74, 6) is 0. The van der Waals surface area contributed by atoms with Crippen LogP contribution in [0.25, 0.3) is 5.69 Å². The number of benzene rings is 1. The van der Waals surface area contributed by atoms with E-state index in [1.165, 1.54) is 0 Å². The third-order valence-corrected chi connectivity index (χ3v) is 5.57. The number of carbonyl (C=O) groups excluding carboxylic acids is 2. The van der Waals surface area contributed by atoms with Crippen molar-refractivity contribution in [3.63, 3.8) is 0 Å². The summed E-state index contributed by atoms with van der Waals surface area (Å²) in [7, 11) is 1.74. The average Bonchev–Trinajstić information content (AvgIpc) is 3.28. The van der Waals surface area contributed by atoms with Crippen LogP contribution in [0.5, 0.6) is 0 Å². The summed E-state index contributed by atoms with van der Waals surface area (Å²) in [6.45, 7) is 3.69. The minimum absolute atomic E-state index is 0.104. The predicted octanol–water partition coefficient (Wildman–Crippen LogP) is 2.56. The van der Waals surface area contributed by atoms with Gasteiger partial charge in [0, 0.05) is 44.7 Å². The summed E-state index contributed by atoms with van der Waals surface area (Å²) in [5.41, 5.74) is 1.48. The molecule has 2 aromatic rings. The van der Waals surface area contributed by atoms with E-state index in [1.807, 2.05) is 43.5 Å². The summed E-state index contributed by atoms with van der Waals surface area (Å²) in [4.78, 5) is 27.7. The summed E-state index contributed by atoms with van der Waals surface area (Å²) in [6.07, 6.45) is 4.76. The number of carbonyl (C=O) groups is 2. The van der Waals surface area contributed by atoms with Crippen molar-refractivity contribution >= 4 is 12.1 Å². The molecule has 2 aliphatic rings. The van der Waals surface area contributed by atoms with Crippen LogP contribution >= 0.6 is 0 Å². The summed E-state index contributed by atoms with van der Waals surface area (Å²) >= 11 is 0. The zero-order valence-electron chi connectivity index (χ0n) is 16.2. The second-order valence-electron chi connectivity index (χ2n) is 7.62. The smallest absolute Gasteiger partial charge is 0.410 e. The Labute approximate surface area is 164 Å². The van der Waals surface area contributed by atoms with Crippen molar-refractivity contribution in [2.45, 2.75) is 31.4 Å². The molecule has 1 aromatic carbocycles. The van der Waals surface area contributed by atoms with Crippen molar-refractivity contribution in [3.05, 3.63) is 48.3 Å². The van der Waals surface area contributed by atoms with Gasteiger partial charge in [0.05, 0.1) is 24.5 Å². The second kappa shape index (κ2) is 7.18. The Morgan fingerprint density at radius 3 is 2.61 bits per heavy atom. The number of piperidine rings is 1. The lowest BCUT2D eigenvalue weighted by molar-refractivity contribution is 0.00947. The molecule has 2 aliphatic heterocycles. The fraction of sp³-hybridized carbons (Fsp3) is 0.450. The monoisotopic (exact) mass is 383 g/mol. The van der Waals surface area contributed by atoms with Crippen LogP contribution in [0.2, 0.25) is 0 Å². The number of ether oxygens (including phenoxy) is 1. The molecule has 2 saturated heterocycles. The SMILES string of the molecule is CC(NC(=O)N1CCC2(CC1)CN(C)C(=O)O2)c1cnn(-c2ccccc2)c1. The number of likely N-dealkylation sites (tertiary alicyclic amines) is 1. The van der Waals surface area contributed by atoms with E-state index in [4.69, 9.17) is 4.74 Å². The minimum atomic E-state index is -0.439. The molecule has 1 unspecified atom stereocenters. The molecule has 8 heteroatoms. The fourth-order valence-corrected chi connectivity index (χ4v) is 3.81. The van der Waals surface area contributed by atoms with Crippen LogP contribution < -0.4 is 5.32 Å². The molecule has 1 atom stereocenters. The summed E-state index contributed by atoms with van der Waals surface area (Å²) < 4.78 is 7.34. The molecule has 4 rings (SSSR count). The average molecular weight is 383 g/mol. The Balaban J connectivity index is 1.33. The van der Waals surface area contributed by atoms with Gasteiger partial charge >= 0.3 is 12.1 Å². The van der Waals surface area contributed by atoms with Crippen molar-refractivity contribution in [3.8, 4) is 5.69 Å². The van der Waals surface area contributed by atoms with Crippen molar-refractivity contribution in [1.82, 2.24) is 24.9 Å². The van der Waals surface area contributed by atoms with E-state index in [9.17, 15) is 9.59 Å². The molecule has 0 bridgehead atoms. The lowest BCUT2D eigenvalue weighted by Gasteiger charge is -2.37. The van der Waals surface area contributed by atoms with Gasteiger partial charge in [-0.15, -0.1) is 0 Å². The highest BCUT2D eigenvalue weighted by Gasteiger charge is 2.46. The first-order valence-electron chi connectivity index (χ1n) is 9.55. The quantitative estimate of drug-likeness (QED) is 0.883. The van der Waals surface area contributed by atoms with E-state index < -0.39 is 5.60 Å². The van der Waals surface area contributed by atoms with Crippen molar-refractivity contribution in [2.75, 3.05) is 26.7 Å². The molecule has 0 radical (unpaired) electrons. The molecule has 1 spiro atoms. The van der Waals surface area contributed by atoms with Crippen molar-refractivity contribution in [2.24, 2.45) is 0 Å². The Hall–Kier alpha value is -3.03. The molecule has 0 aliphatic carbocycles. The lowest BCUT2D eigenvalue weighted by Crippen LogP contribution is -2.51. The Morgan fingerprint density at radius 1 is 1.25 bits per heavy atom. The van der Waals surface area contributed by atoms with Crippen LogP contribution in [0.1, 0.15) is 31.4 Å². The minimum Gasteiger partial charge on any atom is -0.441 e. The Morgan fingerprint density at radius 2 is 1.96 bits per heavy atom. The van der Waals surface area contributed by atoms with E-state index >= 15 is 0 Å². The van der Waals surface area contributed by atoms with Gasteiger partial charge in [0.15, 0.2) is 0 Å². The number of rotatable bonds is 3. The predicted molar refractivity (Wildman–Crippen MR) is 103 cm³/mol. The van der Waals surface area contributed by atoms with Crippen LogP contribution in [-0.2, 0) is 4.74 Å². The molecule has 1 aromatic heterocycles. The van der Waals surface area contributed by atoms with Gasteiger partial charge in [-0.05, 0) is 19.1 Å². The molecule has 8 nitrogen and oxygen atoms in total. The first-order chi connectivity index (χ1) is 13.5. The Kier molecular flexibility index (Phi) is 4.70. The van der Waals surface area contributed by atoms with Crippen LogP contribution in [0.15, 0.2) is 42.7 Å². The van der Waals surface area contributed by atoms with Gasteiger partial charge in [0.1, 0.15) is 5.60 Å². The summed E-state index contributed by atoms with van der Waals surface area (Å²) in [5, 5.41) is 7.43. The third-order valence-electron chi connectivity index (χ3n) is 5.57. The number of hydrogen-bond donors (Lipinski definition) is 1. The second-order valence-corrected chi connectivity index (χ2v) is 7.62. The first-order valence-corrected chi connectivity index (χ1v) is 9.55. The fourth-order valence-electron chi connectivity index (χ4n) is 3.81. The maximum Gasteiger partial charge on any atom is 0.410 e. The topological polar surface area (TPSA) is 79.7 Å². The molecule has 3 heterocycles. The van der Waals surface area contributed by atoms with Crippen molar-refractivity contribution < 1.29 is 14.3 Å². The number of amides is 3. The van der Waals surface area contributed by atoms with Gasteiger partial charge < -0.3 is 19.9 Å². The number of nitrogens with one attached hydrogen (secondary N) is 1. The highest BCUT2D eigenvalue weighted by atomic mass is 16.6. The molecular formula is C20H25N5O3. The summed E-state index contributed by atoms with van der Waals surface area (Å²) in [6, 6.07) is 9.59. The maximum absolute atomic E-state index is 12.7. The van der Waals surface area contributed by atoms with Gasteiger partial charge in [0.2, 0.25) is 0 Å². The molecule has 28 heavy (non-hydrogen) atoms.